The van der Waals surface area contributed by atoms with Gasteiger partial charge >= 0.3 is 5.97 Å². The van der Waals surface area contributed by atoms with Crippen LogP contribution in [0.1, 0.15) is 46.8 Å². The van der Waals surface area contributed by atoms with E-state index in [0.29, 0.717) is 12.0 Å². The average Bonchev–Trinajstić information content (AvgIpc) is 2.78. The van der Waals surface area contributed by atoms with Crippen LogP contribution in [0.5, 0.6) is 0 Å². The molecule has 0 saturated carbocycles. The van der Waals surface area contributed by atoms with Crippen molar-refractivity contribution in [2.75, 3.05) is 12.4 Å². The maximum absolute atomic E-state index is 13.0. The monoisotopic (exact) mass is 384 g/mol. The minimum absolute atomic E-state index is 0.187. The van der Waals surface area contributed by atoms with E-state index in [4.69, 9.17) is 4.74 Å². The molecule has 1 aliphatic carbocycles. The normalized spacial score (nSPS) is 18.1. The van der Waals surface area contributed by atoms with Crippen LogP contribution in [-0.4, -0.2) is 23.8 Å². The van der Waals surface area contributed by atoms with Crippen molar-refractivity contribution < 1.29 is 14.3 Å². The van der Waals surface area contributed by atoms with Crippen LogP contribution in [0, 0.1) is 0 Å². The lowest BCUT2D eigenvalue weighted by atomic mass is 9.77. The van der Waals surface area contributed by atoms with Gasteiger partial charge in [-0.15, -0.1) is 0 Å². The second kappa shape index (κ2) is 6.85. The number of pyridine rings is 1. The Kier molecular flexibility index (Phi) is 4.16. The number of hydrogen-bond donors (Lipinski definition) is 1. The van der Waals surface area contributed by atoms with Crippen LogP contribution in [0.25, 0.3) is 16.5 Å². The van der Waals surface area contributed by atoms with Crippen LogP contribution in [0.15, 0.2) is 60.3 Å². The fourth-order valence-corrected chi connectivity index (χ4v) is 4.46. The highest BCUT2D eigenvalue weighted by atomic mass is 16.5. The molecule has 5 nitrogen and oxygen atoms in total. The van der Waals surface area contributed by atoms with Gasteiger partial charge in [-0.05, 0) is 54.3 Å². The number of carbonyl (C=O) groups excluding carboxylic acids is 2. The number of nitrogens with one attached hydrogen (secondary N) is 1. The average molecular weight is 384 g/mol. The quantitative estimate of drug-likeness (QED) is 0.649. The Bertz CT molecular complexity index is 1180. The Morgan fingerprint density at radius 2 is 1.93 bits per heavy atom. The van der Waals surface area contributed by atoms with Crippen molar-refractivity contribution in [1.29, 1.82) is 0 Å². The second-order valence-corrected chi connectivity index (χ2v) is 7.42. The highest BCUT2D eigenvalue weighted by molar-refractivity contribution is 6.12. The number of carbonyl (C=O) groups is 2. The molecule has 1 aliphatic heterocycles. The zero-order valence-electron chi connectivity index (χ0n) is 16.1. The highest BCUT2D eigenvalue weighted by Crippen LogP contribution is 2.47. The lowest BCUT2D eigenvalue weighted by molar-refractivity contribution is -0.116. The number of esters is 1. The molecule has 0 amide bonds. The Labute approximate surface area is 168 Å². The first-order chi connectivity index (χ1) is 14.2. The Hall–Kier alpha value is -3.47. The molecular weight excluding hydrogens is 364 g/mol. The van der Waals surface area contributed by atoms with Crippen molar-refractivity contribution in [2.45, 2.75) is 25.3 Å². The van der Waals surface area contributed by atoms with Crippen molar-refractivity contribution in [3.05, 3.63) is 77.0 Å². The molecule has 29 heavy (non-hydrogen) atoms. The van der Waals surface area contributed by atoms with E-state index in [2.05, 4.69) is 16.4 Å². The molecule has 3 aromatic rings. The number of allylic oxidation sites excluding steroid dienone is 1. The van der Waals surface area contributed by atoms with Gasteiger partial charge in [-0.1, -0.05) is 18.2 Å². The first-order valence-electron chi connectivity index (χ1n) is 9.76. The minimum Gasteiger partial charge on any atom is -0.465 e. The van der Waals surface area contributed by atoms with Gasteiger partial charge in [0, 0.05) is 34.8 Å². The van der Waals surface area contributed by atoms with E-state index in [1.165, 1.54) is 7.11 Å². The first-order valence-corrected chi connectivity index (χ1v) is 9.76. The molecule has 0 unspecified atom stereocenters. The number of hydrogen-bond acceptors (Lipinski definition) is 5. The number of fused-ring (bicyclic) bond motifs is 4. The number of methoxy groups -OCH3 is 1. The van der Waals surface area contributed by atoms with E-state index in [0.717, 1.165) is 51.7 Å². The summed E-state index contributed by atoms with van der Waals surface area (Å²) < 4.78 is 4.79. The van der Waals surface area contributed by atoms with Gasteiger partial charge in [0.25, 0.3) is 0 Å². The predicted octanol–water partition coefficient (Wildman–Crippen LogP) is 4.69. The number of nitrogens with zero attached hydrogens (tertiary/aromatic N) is 1. The fourth-order valence-electron chi connectivity index (χ4n) is 4.46. The number of anilines is 1. The molecule has 0 radical (unpaired) electrons. The molecule has 5 heteroatoms. The van der Waals surface area contributed by atoms with E-state index in [1.54, 1.807) is 18.3 Å². The number of ketones is 1. The lowest BCUT2D eigenvalue weighted by Crippen LogP contribution is -2.27. The van der Waals surface area contributed by atoms with E-state index >= 15 is 0 Å². The maximum Gasteiger partial charge on any atom is 0.337 e. The van der Waals surface area contributed by atoms with Crippen molar-refractivity contribution in [3.8, 4) is 0 Å². The molecule has 0 saturated heterocycles. The lowest BCUT2D eigenvalue weighted by Gasteiger charge is -2.35. The summed E-state index contributed by atoms with van der Waals surface area (Å²) in [6.07, 6.45) is 4.09. The Balaban J connectivity index is 1.68. The van der Waals surface area contributed by atoms with Gasteiger partial charge in [-0.2, -0.15) is 0 Å². The number of aromatic nitrogens is 1. The third kappa shape index (κ3) is 2.81. The van der Waals surface area contributed by atoms with Crippen LogP contribution < -0.4 is 5.32 Å². The van der Waals surface area contributed by atoms with Crippen molar-refractivity contribution in [2.24, 2.45) is 0 Å². The first kappa shape index (κ1) is 17.6. The zero-order valence-corrected chi connectivity index (χ0v) is 16.1. The van der Waals surface area contributed by atoms with Crippen molar-refractivity contribution >= 4 is 33.9 Å². The second-order valence-electron chi connectivity index (χ2n) is 7.42. The van der Waals surface area contributed by atoms with Crippen LogP contribution in [0.3, 0.4) is 0 Å². The Morgan fingerprint density at radius 3 is 2.72 bits per heavy atom. The number of benzene rings is 2. The smallest absolute Gasteiger partial charge is 0.337 e. The van der Waals surface area contributed by atoms with Gasteiger partial charge in [0.05, 0.1) is 24.2 Å². The number of rotatable bonds is 2. The van der Waals surface area contributed by atoms with Crippen LogP contribution >= 0.6 is 0 Å². The van der Waals surface area contributed by atoms with Crippen LogP contribution in [-0.2, 0) is 9.53 Å². The molecule has 144 valence electrons. The van der Waals surface area contributed by atoms with Gasteiger partial charge < -0.3 is 10.1 Å². The summed E-state index contributed by atoms with van der Waals surface area (Å²) in [4.78, 5) is 29.2. The number of Topliss-reactive ketones (excluding diaryl/α,β-unsaturated/α-hetero) is 1. The molecular formula is C24H20N2O3. The summed E-state index contributed by atoms with van der Waals surface area (Å²) in [6, 6.07) is 15.1. The highest BCUT2D eigenvalue weighted by Gasteiger charge is 2.35. The summed E-state index contributed by atoms with van der Waals surface area (Å²) in [5.41, 5.74) is 6.45. The summed E-state index contributed by atoms with van der Waals surface area (Å²) in [6.45, 7) is 0. The standard InChI is InChI=1S/C24H20N2O3/c1-29-24(28)15-9-7-14(8-10-15)23-22-17(4-2-6-20(22)27)21-16-5-3-13-25-18(16)11-12-19(21)26-23/h3,5,7-13,23,26H,2,4,6H2,1H3/t23-/m1/s1. The molecule has 0 spiro atoms. The third-order valence-corrected chi connectivity index (χ3v) is 5.80. The van der Waals surface area contributed by atoms with Gasteiger partial charge in [0.15, 0.2) is 5.78 Å². The molecule has 2 heterocycles. The molecule has 1 N–H and O–H groups in total. The molecule has 0 bridgehead atoms. The van der Waals surface area contributed by atoms with E-state index in [9.17, 15) is 9.59 Å². The van der Waals surface area contributed by atoms with Gasteiger partial charge in [-0.25, -0.2) is 4.79 Å². The fraction of sp³-hybridized carbons (Fsp3) is 0.208. The Morgan fingerprint density at radius 1 is 1.10 bits per heavy atom. The third-order valence-electron chi connectivity index (χ3n) is 5.80. The summed E-state index contributed by atoms with van der Waals surface area (Å²) in [5, 5.41) is 4.64. The number of ether oxygens (including phenoxy) is 1. The maximum atomic E-state index is 13.0. The molecule has 1 atom stereocenters. The summed E-state index contributed by atoms with van der Waals surface area (Å²) in [7, 11) is 1.37. The molecule has 2 aliphatic rings. The topological polar surface area (TPSA) is 68.3 Å². The molecule has 2 aromatic carbocycles. The van der Waals surface area contributed by atoms with E-state index < -0.39 is 0 Å². The van der Waals surface area contributed by atoms with Gasteiger partial charge in [-0.3, -0.25) is 9.78 Å². The van der Waals surface area contributed by atoms with E-state index in [1.807, 2.05) is 30.3 Å². The van der Waals surface area contributed by atoms with Crippen molar-refractivity contribution in [1.82, 2.24) is 4.98 Å². The van der Waals surface area contributed by atoms with E-state index in [-0.39, 0.29) is 17.8 Å². The minimum atomic E-state index is -0.369. The molecule has 1 aromatic heterocycles. The zero-order chi connectivity index (χ0) is 20.0. The summed E-state index contributed by atoms with van der Waals surface area (Å²) >= 11 is 0. The predicted molar refractivity (Wildman–Crippen MR) is 112 cm³/mol. The SMILES string of the molecule is COC(=O)c1ccc([C@H]2Nc3ccc4ncccc4c3C3=C2C(=O)CCC3)cc1. The molecule has 5 rings (SSSR count). The van der Waals surface area contributed by atoms with Gasteiger partial charge in [0.1, 0.15) is 0 Å². The summed E-state index contributed by atoms with van der Waals surface area (Å²) in [5.74, 6) is -0.182. The largest absolute Gasteiger partial charge is 0.465 e. The van der Waals surface area contributed by atoms with Crippen molar-refractivity contribution in [3.63, 3.8) is 0 Å². The van der Waals surface area contributed by atoms with Gasteiger partial charge in [0.2, 0.25) is 0 Å². The van der Waals surface area contributed by atoms with Crippen LogP contribution in [0.4, 0.5) is 5.69 Å². The van der Waals surface area contributed by atoms with Crippen LogP contribution in [0.2, 0.25) is 0 Å². The molecule has 0 fully saturated rings.